The molecule has 10 heteroatoms. The fourth-order valence-corrected chi connectivity index (χ4v) is 7.02. The van der Waals surface area contributed by atoms with Crippen LogP contribution in [0.3, 0.4) is 0 Å². The molecule has 1 aliphatic rings. The van der Waals surface area contributed by atoms with E-state index in [4.69, 9.17) is 20.8 Å². The minimum Gasteiger partial charge on any atom is -0.481 e. The number of thiophene rings is 2. The first-order chi connectivity index (χ1) is 18.3. The van der Waals surface area contributed by atoms with E-state index >= 15 is 0 Å². The van der Waals surface area contributed by atoms with E-state index in [9.17, 15) is 14.7 Å². The molecule has 1 atom stereocenters. The van der Waals surface area contributed by atoms with Gasteiger partial charge < -0.3 is 14.3 Å². The predicted molar refractivity (Wildman–Crippen MR) is 148 cm³/mol. The molecule has 5 aromatic rings. The maximum Gasteiger partial charge on any atom is 0.412 e. The summed E-state index contributed by atoms with van der Waals surface area (Å²) in [7, 11) is 0. The van der Waals surface area contributed by atoms with Gasteiger partial charge in [-0.25, -0.2) is 9.78 Å². The number of aliphatic carboxylic acids is 1. The van der Waals surface area contributed by atoms with Gasteiger partial charge in [-0.15, -0.1) is 22.7 Å². The van der Waals surface area contributed by atoms with Crippen molar-refractivity contribution in [1.29, 1.82) is 0 Å². The number of hydrogen-bond acceptors (Lipinski definition) is 7. The number of carboxylic acid groups (broad SMARTS) is 1. The summed E-state index contributed by atoms with van der Waals surface area (Å²) in [6.07, 6.45) is 1.70. The Morgan fingerprint density at radius 2 is 1.95 bits per heavy atom. The summed E-state index contributed by atoms with van der Waals surface area (Å²) in [5.41, 5.74) is 0.690. The number of rotatable bonds is 5. The third-order valence-electron chi connectivity index (χ3n) is 6.46. The SMILES string of the molecule is CC(OC(=O)Nc1c(C#Cc2cc3sc(C4(C(=O)O)CC4)cc3s2)oc2ncccc12)c1ccccc1Cl. The highest BCUT2D eigenvalue weighted by Gasteiger charge is 2.53. The lowest BCUT2D eigenvalue weighted by atomic mass is 10.1. The molecule has 4 aromatic heterocycles. The number of nitrogens with zero attached hydrogens (tertiary/aromatic N) is 1. The third kappa shape index (κ3) is 4.41. The van der Waals surface area contributed by atoms with Crippen molar-refractivity contribution in [2.75, 3.05) is 5.32 Å². The quantitative estimate of drug-likeness (QED) is 0.214. The Hall–Kier alpha value is -3.84. The van der Waals surface area contributed by atoms with Gasteiger partial charge in [0, 0.05) is 31.1 Å². The van der Waals surface area contributed by atoms with E-state index in [2.05, 4.69) is 22.1 Å². The summed E-state index contributed by atoms with van der Waals surface area (Å²) in [5, 5.41) is 13.4. The fourth-order valence-electron chi connectivity index (χ4n) is 4.25. The highest BCUT2D eigenvalue weighted by Crippen LogP contribution is 2.52. The molecule has 0 bridgehead atoms. The summed E-state index contributed by atoms with van der Waals surface area (Å²) in [6.45, 7) is 1.74. The molecule has 1 amide bonds. The largest absolute Gasteiger partial charge is 0.481 e. The first-order valence-corrected chi connectivity index (χ1v) is 13.7. The monoisotopic (exact) mass is 562 g/mol. The van der Waals surface area contributed by atoms with Crippen LogP contribution in [0, 0.1) is 11.8 Å². The Bertz CT molecular complexity index is 1760. The van der Waals surface area contributed by atoms with Crippen LogP contribution in [0.2, 0.25) is 5.02 Å². The van der Waals surface area contributed by atoms with Crippen molar-refractivity contribution >= 4 is 72.5 Å². The number of pyridine rings is 1. The Balaban J connectivity index is 1.26. The Morgan fingerprint density at radius 3 is 2.68 bits per heavy atom. The van der Waals surface area contributed by atoms with E-state index in [1.54, 1.807) is 37.4 Å². The second-order valence-corrected chi connectivity index (χ2v) is 11.5. The highest BCUT2D eigenvalue weighted by atomic mass is 35.5. The molecule has 0 aliphatic heterocycles. The zero-order chi connectivity index (χ0) is 26.4. The van der Waals surface area contributed by atoms with Crippen molar-refractivity contribution in [3.63, 3.8) is 0 Å². The number of carbonyl (C=O) groups excluding carboxylic acids is 1. The fraction of sp³-hybridized carbons (Fsp3) is 0.179. The average molecular weight is 563 g/mol. The van der Waals surface area contributed by atoms with Gasteiger partial charge in [0.25, 0.3) is 0 Å². The molecule has 190 valence electrons. The van der Waals surface area contributed by atoms with Gasteiger partial charge >= 0.3 is 12.1 Å². The first-order valence-electron chi connectivity index (χ1n) is 11.7. The molecule has 1 unspecified atom stereocenters. The van der Waals surface area contributed by atoms with Gasteiger partial charge in [0.05, 0.1) is 10.3 Å². The molecular formula is C28H19ClN2O5S2. The van der Waals surface area contributed by atoms with Crippen molar-refractivity contribution in [1.82, 2.24) is 4.98 Å². The number of ether oxygens (including phenoxy) is 1. The molecular weight excluding hydrogens is 544 g/mol. The van der Waals surface area contributed by atoms with Crippen LogP contribution < -0.4 is 5.32 Å². The van der Waals surface area contributed by atoms with E-state index in [1.165, 1.54) is 22.7 Å². The Kier molecular flexibility index (Phi) is 6.11. The zero-order valence-electron chi connectivity index (χ0n) is 19.9. The second kappa shape index (κ2) is 9.48. The summed E-state index contributed by atoms with van der Waals surface area (Å²) >= 11 is 9.23. The van der Waals surface area contributed by atoms with Gasteiger partial charge in [0.15, 0.2) is 0 Å². The summed E-state index contributed by atoms with van der Waals surface area (Å²) in [5.74, 6) is 5.62. The van der Waals surface area contributed by atoms with Crippen LogP contribution in [0.5, 0.6) is 0 Å². The van der Waals surface area contributed by atoms with Crippen molar-refractivity contribution in [2.45, 2.75) is 31.3 Å². The predicted octanol–water partition coefficient (Wildman–Crippen LogP) is 7.58. The molecule has 1 saturated carbocycles. The van der Waals surface area contributed by atoms with Crippen molar-refractivity contribution in [3.05, 3.63) is 80.8 Å². The second-order valence-electron chi connectivity index (χ2n) is 8.94. The molecule has 0 radical (unpaired) electrons. The summed E-state index contributed by atoms with van der Waals surface area (Å²) in [6, 6.07) is 14.6. The number of nitrogens with one attached hydrogen (secondary N) is 1. The zero-order valence-corrected chi connectivity index (χ0v) is 22.3. The van der Waals surface area contributed by atoms with Crippen molar-refractivity contribution < 1.29 is 23.8 Å². The van der Waals surface area contributed by atoms with Crippen LogP contribution in [0.1, 0.15) is 46.9 Å². The number of anilines is 1. The van der Waals surface area contributed by atoms with Crippen molar-refractivity contribution in [3.8, 4) is 11.8 Å². The van der Waals surface area contributed by atoms with Crippen LogP contribution in [0.25, 0.3) is 20.5 Å². The number of amides is 1. The minimum absolute atomic E-state index is 0.251. The molecule has 1 aliphatic carbocycles. The summed E-state index contributed by atoms with van der Waals surface area (Å²) in [4.78, 5) is 30.4. The molecule has 2 N–H and O–H groups in total. The number of carbonyl (C=O) groups is 2. The van der Waals surface area contributed by atoms with Gasteiger partial charge in [-0.05, 0) is 61.9 Å². The number of fused-ring (bicyclic) bond motifs is 2. The van der Waals surface area contributed by atoms with Crippen LogP contribution >= 0.6 is 34.3 Å². The number of aromatic nitrogens is 1. The number of benzene rings is 1. The Morgan fingerprint density at radius 1 is 1.16 bits per heavy atom. The topological polar surface area (TPSA) is 102 Å². The normalized spacial score (nSPS) is 14.6. The standard InChI is InChI=1S/C28H19ClN2O5S2/c1-15(17-5-2-3-7-19(17)29)35-27(34)31-24-18-6-4-12-30-25(18)36-20(24)9-8-16-13-21-22(37-16)14-23(38-21)28(10-11-28)26(32)33/h2-7,12-15H,10-11H2,1H3,(H,31,34)(H,32,33). The number of halogens is 1. The molecule has 1 fully saturated rings. The third-order valence-corrected chi connectivity index (χ3v) is 9.21. The van der Waals surface area contributed by atoms with Crippen LogP contribution in [-0.4, -0.2) is 22.2 Å². The van der Waals surface area contributed by atoms with Gasteiger partial charge in [-0.3, -0.25) is 10.1 Å². The molecule has 7 nitrogen and oxygen atoms in total. The number of carboxylic acids is 1. The molecule has 0 spiro atoms. The molecule has 0 saturated heterocycles. The smallest absolute Gasteiger partial charge is 0.412 e. The lowest BCUT2D eigenvalue weighted by Gasteiger charge is -2.15. The van der Waals surface area contributed by atoms with Gasteiger partial charge in [0.2, 0.25) is 11.5 Å². The number of furan rings is 1. The number of hydrogen-bond donors (Lipinski definition) is 2. The van der Waals surface area contributed by atoms with E-state index in [0.29, 0.717) is 40.2 Å². The van der Waals surface area contributed by atoms with Gasteiger partial charge in [-0.2, -0.15) is 0 Å². The molecule has 38 heavy (non-hydrogen) atoms. The summed E-state index contributed by atoms with van der Waals surface area (Å²) < 4.78 is 13.4. The van der Waals surface area contributed by atoms with Gasteiger partial charge in [0.1, 0.15) is 17.2 Å². The highest BCUT2D eigenvalue weighted by molar-refractivity contribution is 7.28. The first kappa shape index (κ1) is 24.5. The maximum atomic E-state index is 12.8. The molecule has 6 rings (SSSR count). The van der Waals surface area contributed by atoms with E-state index in [1.807, 2.05) is 24.3 Å². The Labute approximate surface area is 230 Å². The van der Waals surface area contributed by atoms with E-state index < -0.39 is 23.6 Å². The van der Waals surface area contributed by atoms with E-state index in [0.717, 1.165) is 19.2 Å². The maximum absolute atomic E-state index is 12.8. The van der Waals surface area contributed by atoms with Crippen LogP contribution in [0.4, 0.5) is 10.5 Å². The lowest BCUT2D eigenvalue weighted by Crippen LogP contribution is -2.17. The molecule has 1 aromatic carbocycles. The van der Waals surface area contributed by atoms with Gasteiger partial charge in [-0.1, -0.05) is 29.8 Å². The van der Waals surface area contributed by atoms with Crippen LogP contribution in [0.15, 0.2) is 59.1 Å². The lowest BCUT2D eigenvalue weighted by molar-refractivity contribution is -0.139. The average Bonchev–Trinajstić information content (AvgIpc) is 3.32. The molecule has 4 heterocycles. The van der Waals surface area contributed by atoms with Crippen LogP contribution in [-0.2, 0) is 14.9 Å². The van der Waals surface area contributed by atoms with Crippen molar-refractivity contribution in [2.24, 2.45) is 0 Å². The van der Waals surface area contributed by atoms with E-state index in [-0.39, 0.29) is 5.76 Å². The minimum atomic E-state index is -0.760.